The van der Waals surface area contributed by atoms with Crippen LogP contribution in [0.5, 0.6) is 11.8 Å². The highest BCUT2D eigenvalue weighted by atomic mass is 16.7. The van der Waals surface area contributed by atoms with Crippen molar-refractivity contribution in [2.75, 3.05) is 0 Å². The number of aromatic amines is 1. The zero-order chi connectivity index (χ0) is 22.1. The van der Waals surface area contributed by atoms with Gasteiger partial charge in [-0.1, -0.05) is 32.0 Å². The molecule has 2 aromatic heterocycles. The van der Waals surface area contributed by atoms with Gasteiger partial charge < -0.3 is 24.8 Å². The van der Waals surface area contributed by atoms with Crippen LogP contribution in [-0.4, -0.2) is 26.8 Å². The van der Waals surface area contributed by atoms with Gasteiger partial charge in [-0.2, -0.15) is 0 Å². The highest BCUT2D eigenvalue weighted by Gasteiger charge is 2.29. The van der Waals surface area contributed by atoms with E-state index in [-0.39, 0.29) is 36.0 Å². The van der Waals surface area contributed by atoms with Gasteiger partial charge in [0, 0.05) is 29.9 Å². The second-order valence-corrected chi connectivity index (χ2v) is 8.63. The molecule has 0 saturated heterocycles. The molecule has 0 amide bonds. The van der Waals surface area contributed by atoms with Gasteiger partial charge in [0.05, 0.1) is 0 Å². The number of H-pyrrole nitrogens is 1. The molecular weight excluding hydrogens is 386 g/mol. The van der Waals surface area contributed by atoms with Crippen molar-refractivity contribution in [3.05, 3.63) is 52.6 Å². The van der Waals surface area contributed by atoms with Gasteiger partial charge >= 0.3 is 12.0 Å². The number of hydrogen-bond acceptors (Lipinski definition) is 6. The molecule has 3 aromatic rings. The van der Waals surface area contributed by atoms with E-state index in [9.17, 15) is 15.1 Å². The van der Waals surface area contributed by atoms with E-state index >= 15 is 0 Å². The predicted molar refractivity (Wildman–Crippen MR) is 111 cm³/mol. The molecule has 3 rings (SSSR count). The highest BCUT2D eigenvalue weighted by Crippen LogP contribution is 2.27. The third kappa shape index (κ3) is 4.82. The van der Waals surface area contributed by atoms with Gasteiger partial charge in [-0.15, -0.1) is 4.73 Å². The number of nitrogens with one attached hydrogen (secondary N) is 1. The Morgan fingerprint density at radius 1 is 1.30 bits per heavy atom. The van der Waals surface area contributed by atoms with Crippen LogP contribution in [0, 0.1) is 11.1 Å². The van der Waals surface area contributed by atoms with Gasteiger partial charge in [0.25, 0.3) is 11.6 Å². The summed E-state index contributed by atoms with van der Waals surface area (Å²) in [6.45, 7) is 8.96. The maximum absolute atomic E-state index is 12.8. The molecule has 8 nitrogen and oxygen atoms in total. The Hall–Kier alpha value is -3.29. The third-order valence-electron chi connectivity index (χ3n) is 4.38. The number of carbonyl (C=O) groups is 1. The summed E-state index contributed by atoms with van der Waals surface area (Å²) in [5.74, 6) is -0.583. The molecule has 0 spiro atoms. The van der Waals surface area contributed by atoms with E-state index in [4.69, 9.17) is 9.47 Å². The Balaban J connectivity index is 2.01. The lowest BCUT2D eigenvalue weighted by molar-refractivity contribution is -0.623. The fourth-order valence-electron chi connectivity index (χ4n) is 3.13. The minimum atomic E-state index is -0.955. The molecule has 30 heavy (non-hydrogen) atoms. The largest absolute Gasteiger partial charge is 0.616 e. The van der Waals surface area contributed by atoms with E-state index in [1.54, 1.807) is 27.0 Å². The molecule has 0 fully saturated rings. The Kier molecular flexibility index (Phi) is 5.87. The Labute approximate surface area is 175 Å². The molecule has 0 radical (unpaired) electrons. The fourth-order valence-corrected chi connectivity index (χ4v) is 3.13. The Morgan fingerprint density at radius 2 is 2.00 bits per heavy atom. The lowest BCUT2D eigenvalue weighted by Crippen LogP contribution is -2.36. The van der Waals surface area contributed by atoms with Crippen LogP contribution in [0.4, 0.5) is 4.79 Å². The van der Waals surface area contributed by atoms with Crippen LogP contribution >= 0.6 is 0 Å². The number of aromatic hydroxyl groups is 1. The van der Waals surface area contributed by atoms with E-state index < -0.39 is 17.6 Å². The van der Waals surface area contributed by atoms with Crippen molar-refractivity contribution in [1.29, 1.82) is 0 Å². The second kappa shape index (κ2) is 8.22. The standard InChI is InChI=1S/C22H27N3O5/c1-13(2)10-18-19(29-21(27)30-22(3,4)5)24-17(20(26)25(18)28)11-14-12-23-16-9-7-6-8-15(14)16/h6-9,12-13,23,26H,10-11H2,1-5H3. The van der Waals surface area contributed by atoms with Crippen molar-refractivity contribution in [3.8, 4) is 11.8 Å². The molecule has 0 aliphatic carbocycles. The summed E-state index contributed by atoms with van der Waals surface area (Å²) >= 11 is 0. The minimum absolute atomic E-state index is 0.0758. The van der Waals surface area contributed by atoms with Crippen LogP contribution in [-0.2, 0) is 17.6 Å². The van der Waals surface area contributed by atoms with Crippen LogP contribution < -0.4 is 9.47 Å². The smallest absolute Gasteiger partial charge is 0.515 e. The molecule has 8 heteroatoms. The normalized spacial score (nSPS) is 11.8. The van der Waals surface area contributed by atoms with Crippen LogP contribution in [0.2, 0.25) is 0 Å². The third-order valence-corrected chi connectivity index (χ3v) is 4.38. The molecule has 0 aliphatic heterocycles. The van der Waals surface area contributed by atoms with Crippen LogP contribution in [0.3, 0.4) is 0 Å². The number of aromatic nitrogens is 3. The number of fused-ring (bicyclic) bond motifs is 1. The van der Waals surface area contributed by atoms with Gasteiger partial charge in [0.1, 0.15) is 5.60 Å². The summed E-state index contributed by atoms with van der Waals surface area (Å²) in [5.41, 5.74) is 1.22. The lowest BCUT2D eigenvalue weighted by atomic mass is 10.1. The molecule has 0 unspecified atom stereocenters. The van der Waals surface area contributed by atoms with Crippen molar-refractivity contribution in [3.63, 3.8) is 0 Å². The summed E-state index contributed by atoms with van der Waals surface area (Å²) in [5, 5.41) is 24.3. The Bertz CT molecular complexity index is 1070. The number of nitrogens with zero attached hydrogens (tertiary/aromatic N) is 2. The predicted octanol–water partition coefficient (Wildman–Crippen LogP) is 4.01. The molecule has 0 atom stereocenters. The van der Waals surface area contributed by atoms with Crippen LogP contribution in [0.1, 0.15) is 51.6 Å². The lowest BCUT2D eigenvalue weighted by Gasteiger charge is -2.19. The topological polar surface area (TPSA) is 111 Å². The number of carbonyl (C=O) groups excluding carboxylic acids is 1. The molecule has 1 aromatic carbocycles. The monoisotopic (exact) mass is 413 g/mol. The van der Waals surface area contributed by atoms with Crippen molar-refractivity contribution in [1.82, 2.24) is 9.97 Å². The zero-order valence-electron chi connectivity index (χ0n) is 17.9. The summed E-state index contributed by atoms with van der Waals surface area (Å²) < 4.78 is 10.9. The first-order chi connectivity index (χ1) is 14.0. The first-order valence-electron chi connectivity index (χ1n) is 9.85. The molecule has 160 valence electrons. The first kappa shape index (κ1) is 21.4. The van der Waals surface area contributed by atoms with E-state index in [1.165, 1.54) is 0 Å². The number of hydrogen-bond donors (Lipinski definition) is 2. The maximum atomic E-state index is 12.8. The van der Waals surface area contributed by atoms with Crippen molar-refractivity contribution < 1.29 is 24.1 Å². The Morgan fingerprint density at radius 3 is 2.67 bits per heavy atom. The first-order valence-corrected chi connectivity index (χ1v) is 9.85. The number of ether oxygens (including phenoxy) is 2. The zero-order valence-corrected chi connectivity index (χ0v) is 17.9. The summed E-state index contributed by atoms with van der Waals surface area (Å²) in [6.07, 6.45) is 1.31. The summed E-state index contributed by atoms with van der Waals surface area (Å²) in [7, 11) is 0. The molecule has 2 heterocycles. The quantitative estimate of drug-likeness (QED) is 0.371. The summed E-state index contributed by atoms with van der Waals surface area (Å²) in [4.78, 5) is 19.7. The number of rotatable bonds is 5. The fraction of sp³-hybridized carbons (Fsp3) is 0.409. The van der Waals surface area contributed by atoms with Gasteiger partial charge in [-0.25, -0.2) is 9.78 Å². The average Bonchev–Trinajstić information content (AvgIpc) is 3.04. The van der Waals surface area contributed by atoms with Crippen molar-refractivity contribution in [2.45, 2.75) is 53.1 Å². The maximum Gasteiger partial charge on any atom is 0.515 e. The van der Waals surface area contributed by atoms with E-state index in [0.29, 0.717) is 4.73 Å². The van der Waals surface area contributed by atoms with Crippen molar-refractivity contribution >= 4 is 17.1 Å². The van der Waals surface area contributed by atoms with Gasteiger partial charge in [-0.05, 0) is 38.3 Å². The molecular formula is C22H27N3O5. The average molecular weight is 413 g/mol. The van der Waals surface area contributed by atoms with Gasteiger partial charge in [-0.3, -0.25) is 0 Å². The van der Waals surface area contributed by atoms with Crippen molar-refractivity contribution in [2.24, 2.45) is 5.92 Å². The molecule has 2 N–H and O–H groups in total. The second-order valence-electron chi connectivity index (χ2n) is 8.63. The molecule has 0 saturated carbocycles. The molecule has 0 aliphatic rings. The summed E-state index contributed by atoms with van der Waals surface area (Å²) in [6, 6.07) is 7.69. The van der Waals surface area contributed by atoms with Gasteiger partial charge in [0.15, 0.2) is 5.69 Å². The van der Waals surface area contributed by atoms with Crippen LogP contribution in [0.15, 0.2) is 30.5 Å². The van der Waals surface area contributed by atoms with E-state index in [2.05, 4.69) is 9.97 Å². The highest BCUT2D eigenvalue weighted by molar-refractivity contribution is 5.83. The molecule has 0 bridgehead atoms. The number of para-hydroxylation sites is 1. The minimum Gasteiger partial charge on any atom is -0.616 e. The SMILES string of the molecule is CC(C)Cc1c(OC(=O)OC(C)(C)C)nc(Cc2c[nH]c3ccccc23)c(O)[n+]1[O-]. The van der Waals surface area contributed by atoms with Gasteiger partial charge in [0.2, 0.25) is 0 Å². The van der Waals surface area contributed by atoms with Crippen LogP contribution in [0.25, 0.3) is 10.9 Å². The number of benzene rings is 1. The van der Waals surface area contributed by atoms with E-state index in [0.717, 1.165) is 16.5 Å². The van der Waals surface area contributed by atoms with E-state index in [1.807, 2.05) is 38.1 Å².